The van der Waals surface area contributed by atoms with Crippen molar-refractivity contribution in [1.82, 2.24) is 14.8 Å². The summed E-state index contributed by atoms with van der Waals surface area (Å²) in [7, 11) is 0. The molecule has 1 atom stereocenters. The van der Waals surface area contributed by atoms with E-state index >= 15 is 0 Å². The Hall–Kier alpha value is -1.23. The van der Waals surface area contributed by atoms with E-state index in [0.717, 1.165) is 6.54 Å². The van der Waals surface area contributed by atoms with Crippen molar-refractivity contribution < 1.29 is 0 Å². The van der Waals surface area contributed by atoms with Crippen LogP contribution in [0.1, 0.15) is 48.9 Å². The Morgan fingerprint density at radius 1 is 1.20 bits per heavy atom. The predicted octanol–water partition coefficient (Wildman–Crippen LogP) is 4.50. The van der Waals surface area contributed by atoms with E-state index in [0.29, 0.717) is 17.5 Å². The predicted molar refractivity (Wildman–Crippen MR) is 105 cm³/mol. The summed E-state index contributed by atoms with van der Waals surface area (Å²) in [6, 6.07) is 12.4. The number of likely N-dealkylation sites (tertiary alicyclic amines) is 2. The summed E-state index contributed by atoms with van der Waals surface area (Å²) in [6.07, 6.45) is 2.63. The maximum Gasteiger partial charge on any atom is 0.0798 e. The Kier molecular flexibility index (Phi) is 4.69. The van der Waals surface area contributed by atoms with Gasteiger partial charge in [-0.05, 0) is 52.3 Å². The fraction of sp³-hybridized carbons (Fsp3) is 0.571. The van der Waals surface area contributed by atoms with E-state index in [4.69, 9.17) is 0 Å². The highest BCUT2D eigenvalue weighted by molar-refractivity contribution is 7.09. The average molecular weight is 356 g/mol. The summed E-state index contributed by atoms with van der Waals surface area (Å²) in [5.74, 6) is 0. The second-order valence-corrected chi connectivity index (χ2v) is 9.02. The number of aryl methyl sites for hydroxylation is 1. The highest BCUT2D eigenvalue weighted by Crippen LogP contribution is 2.55. The summed E-state index contributed by atoms with van der Waals surface area (Å²) in [5, 5.41) is 0. The first-order valence-corrected chi connectivity index (χ1v) is 10.4. The van der Waals surface area contributed by atoms with Crippen molar-refractivity contribution in [3.05, 3.63) is 52.0 Å². The van der Waals surface area contributed by atoms with Crippen LogP contribution in [0.3, 0.4) is 0 Å². The van der Waals surface area contributed by atoms with E-state index in [-0.39, 0.29) is 0 Å². The van der Waals surface area contributed by atoms with Crippen molar-refractivity contribution in [2.75, 3.05) is 19.6 Å². The van der Waals surface area contributed by atoms with Crippen LogP contribution in [0.2, 0.25) is 0 Å². The van der Waals surface area contributed by atoms with Crippen LogP contribution in [0.4, 0.5) is 0 Å². The van der Waals surface area contributed by atoms with Crippen LogP contribution >= 0.6 is 11.3 Å². The van der Waals surface area contributed by atoms with Gasteiger partial charge in [-0.1, -0.05) is 30.3 Å². The van der Waals surface area contributed by atoms with Gasteiger partial charge in [0.25, 0.3) is 0 Å². The third kappa shape index (κ3) is 3.16. The summed E-state index contributed by atoms with van der Waals surface area (Å²) in [4.78, 5) is 11.2. The quantitative estimate of drug-likeness (QED) is 0.805. The van der Waals surface area contributed by atoms with Crippen LogP contribution < -0.4 is 0 Å². The van der Waals surface area contributed by atoms with Crippen molar-refractivity contribution in [3.8, 4) is 0 Å². The van der Waals surface area contributed by atoms with Crippen molar-refractivity contribution in [1.29, 1.82) is 0 Å². The van der Waals surface area contributed by atoms with E-state index in [1.165, 1.54) is 48.6 Å². The van der Waals surface area contributed by atoms with Gasteiger partial charge in [0.05, 0.1) is 11.2 Å². The third-order valence-electron chi connectivity index (χ3n) is 6.25. The Morgan fingerprint density at radius 3 is 2.52 bits per heavy atom. The van der Waals surface area contributed by atoms with Gasteiger partial charge in [-0.2, -0.15) is 0 Å². The minimum absolute atomic E-state index is 0.477. The van der Waals surface area contributed by atoms with E-state index in [2.05, 4.69) is 65.9 Å². The summed E-state index contributed by atoms with van der Waals surface area (Å²) in [6.45, 7) is 11.6. The third-order valence-corrected chi connectivity index (χ3v) is 7.17. The van der Waals surface area contributed by atoms with Gasteiger partial charge in [0, 0.05) is 35.5 Å². The highest BCUT2D eigenvalue weighted by Gasteiger charge is 2.54. The van der Waals surface area contributed by atoms with Gasteiger partial charge in [0.1, 0.15) is 0 Å². The van der Waals surface area contributed by atoms with Crippen molar-refractivity contribution in [2.45, 2.75) is 52.2 Å². The lowest BCUT2D eigenvalue weighted by atomic mass is 9.62. The molecule has 25 heavy (non-hydrogen) atoms. The van der Waals surface area contributed by atoms with E-state index in [1.54, 1.807) is 11.3 Å². The molecular formula is C21H29N3S. The lowest BCUT2D eigenvalue weighted by Gasteiger charge is -2.62. The molecule has 2 saturated heterocycles. The second-order valence-electron chi connectivity index (χ2n) is 8.08. The van der Waals surface area contributed by atoms with Gasteiger partial charge in [-0.3, -0.25) is 9.80 Å². The molecule has 0 amide bonds. The molecule has 2 aromatic rings. The molecule has 0 radical (unpaired) electrons. The molecule has 2 aliphatic rings. The lowest BCUT2D eigenvalue weighted by Crippen LogP contribution is -2.63. The molecule has 1 aromatic heterocycles. The number of thiazole rings is 1. The van der Waals surface area contributed by atoms with Crippen LogP contribution in [0.5, 0.6) is 0 Å². The van der Waals surface area contributed by atoms with Crippen molar-refractivity contribution in [2.24, 2.45) is 5.41 Å². The SMILES string of the molecule is Cc1ncsc1CN1CCC2(CC1)CN(C(C)C)C2c1ccccc1. The molecule has 0 bridgehead atoms. The molecule has 0 aliphatic carbocycles. The Morgan fingerprint density at radius 2 is 1.92 bits per heavy atom. The molecule has 2 aliphatic heterocycles. The van der Waals surface area contributed by atoms with Gasteiger partial charge in [0.15, 0.2) is 0 Å². The molecule has 2 fully saturated rings. The maximum atomic E-state index is 4.40. The fourth-order valence-electron chi connectivity index (χ4n) is 4.71. The van der Waals surface area contributed by atoms with Crippen LogP contribution in [0, 0.1) is 12.3 Å². The Bertz CT molecular complexity index is 701. The molecule has 4 heteroatoms. The van der Waals surface area contributed by atoms with Gasteiger partial charge >= 0.3 is 0 Å². The molecule has 1 spiro atoms. The molecule has 3 nitrogen and oxygen atoms in total. The van der Waals surface area contributed by atoms with Crippen molar-refractivity contribution >= 4 is 11.3 Å². The monoisotopic (exact) mass is 355 g/mol. The molecular weight excluding hydrogens is 326 g/mol. The zero-order valence-electron chi connectivity index (χ0n) is 15.6. The second kappa shape index (κ2) is 6.82. The molecule has 1 unspecified atom stereocenters. The normalized spacial score (nSPS) is 23.9. The zero-order valence-corrected chi connectivity index (χ0v) is 16.4. The van der Waals surface area contributed by atoms with E-state index in [1.807, 2.05) is 5.51 Å². The number of benzene rings is 1. The molecule has 134 valence electrons. The Balaban J connectivity index is 1.47. The fourth-order valence-corrected chi connectivity index (χ4v) is 5.53. The van der Waals surface area contributed by atoms with Crippen molar-refractivity contribution in [3.63, 3.8) is 0 Å². The van der Waals surface area contributed by atoms with Gasteiger partial charge in [-0.25, -0.2) is 4.98 Å². The van der Waals surface area contributed by atoms with Gasteiger partial charge in [-0.15, -0.1) is 11.3 Å². The molecule has 4 rings (SSSR count). The highest BCUT2D eigenvalue weighted by atomic mass is 32.1. The first-order valence-electron chi connectivity index (χ1n) is 9.51. The zero-order chi connectivity index (χ0) is 17.4. The average Bonchev–Trinajstić information content (AvgIpc) is 2.99. The van der Waals surface area contributed by atoms with Gasteiger partial charge < -0.3 is 0 Å². The standard InChI is InChI=1S/C21H29N3S/c1-16(2)24-14-21(20(24)18-7-5-4-6-8-18)9-11-23(12-10-21)13-19-17(3)22-15-25-19/h4-8,15-16,20H,9-14H2,1-3H3. The topological polar surface area (TPSA) is 19.4 Å². The number of piperidine rings is 1. The maximum absolute atomic E-state index is 4.40. The minimum atomic E-state index is 0.477. The number of hydrogen-bond acceptors (Lipinski definition) is 4. The van der Waals surface area contributed by atoms with Crippen LogP contribution in [-0.2, 0) is 6.54 Å². The first kappa shape index (κ1) is 17.2. The molecule has 0 saturated carbocycles. The number of nitrogens with zero attached hydrogens (tertiary/aromatic N) is 3. The van der Waals surface area contributed by atoms with Gasteiger partial charge in [0.2, 0.25) is 0 Å². The number of aromatic nitrogens is 1. The Labute approximate surface area is 155 Å². The largest absolute Gasteiger partial charge is 0.298 e. The molecule has 3 heterocycles. The minimum Gasteiger partial charge on any atom is -0.298 e. The summed E-state index contributed by atoms with van der Waals surface area (Å²) < 4.78 is 0. The van der Waals surface area contributed by atoms with Crippen LogP contribution in [0.15, 0.2) is 35.8 Å². The first-order chi connectivity index (χ1) is 12.1. The van der Waals surface area contributed by atoms with E-state index < -0.39 is 0 Å². The molecule has 0 N–H and O–H groups in total. The van der Waals surface area contributed by atoms with Crippen LogP contribution in [0.25, 0.3) is 0 Å². The number of rotatable bonds is 4. The summed E-state index contributed by atoms with van der Waals surface area (Å²) >= 11 is 1.80. The lowest BCUT2D eigenvalue weighted by molar-refractivity contribution is -0.128. The van der Waals surface area contributed by atoms with E-state index in [9.17, 15) is 0 Å². The smallest absolute Gasteiger partial charge is 0.0798 e. The van der Waals surface area contributed by atoms with Crippen LogP contribution in [-0.4, -0.2) is 40.5 Å². The number of hydrogen-bond donors (Lipinski definition) is 0. The molecule has 1 aromatic carbocycles. The summed E-state index contributed by atoms with van der Waals surface area (Å²) in [5.41, 5.74) is 5.18.